The first-order valence-corrected chi connectivity index (χ1v) is 4.63. The van der Waals surface area contributed by atoms with E-state index in [-0.39, 0.29) is 5.91 Å². The number of nitrogens with zero attached hydrogens (tertiary/aromatic N) is 3. The van der Waals surface area contributed by atoms with Gasteiger partial charge in [-0.3, -0.25) is 4.79 Å². The molecule has 0 aromatic carbocycles. The molecule has 1 amide bonds. The Morgan fingerprint density at radius 3 is 2.71 bits per heavy atom. The van der Waals surface area contributed by atoms with Crippen LogP contribution in [0.15, 0.2) is 17.1 Å². The van der Waals surface area contributed by atoms with E-state index in [4.69, 9.17) is 4.42 Å². The highest BCUT2D eigenvalue weighted by Gasteiger charge is 2.21. The van der Waals surface area contributed by atoms with E-state index in [0.717, 1.165) is 26.2 Å². The summed E-state index contributed by atoms with van der Waals surface area (Å²) >= 11 is 0. The van der Waals surface area contributed by atoms with Gasteiger partial charge in [0.1, 0.15) is 6.26 Å². The van der Waals surface area contributed by atoms with Gasteiger partial charge in [0.25, 0.3) is 5.91 Å². The number of amides is 1. The molecule has 2 heterocycles. The lowest BCUT2D eigenvalue weighted by molar-refractivity contribution is 0.0658. The van der Waals surface area contributed by atoms with Crippen molar-refractivity contribution in [3.63, 3.8) is 0 Å². The van der Waals surface area contributed by atoms with Crippen molar-refractivity contribution in [2.45, 2.75) is 0 Å². The Kier molecular flexibility index (Phi) is 2.49. The zero-order valence-electron chi connectivity index (χ0n) is 8.14. The molecule has 2 rings (SSSR count). The predicted octanol–water partition coefficient (Wildman–Crippen LogP) is 0.0622. The molecule has 0 spiro atoms. The first kappa shape index (κ1) is 9.21. The van der Waals surface area contributed by atoms with Crippen molar-refractivity contribution in [3.05, 3.63) is 18.4 Å². The maximum absolute atomic E-state index is 11.8. The van der Waals surface area contributed by atoms with Crippen LogP contribution in [0.5, 0.6) is 0 Å². The number of carbonyl (C=O) groups excluding carboxylic acids is 1. The second-order valence-corrected chi connectivity index (χ2v) is 3.47. The minimum atomic E-state index is -0.0353. The number of carbonyl (C=O) groups is 1. The monoisotopic (exact) mass is 195 g/mol. The van der Waals surface area contributed by atoms with Gasteiger partial charge in [-0.05, 0) is 7.05 Å². The quantitative estimate of drug-likeness (QED) is 0.636. The first-order chi connectivity index (χ1) is 6.77. The highest BCUT2D eigenvalue weighted by Crippen LogP contribution is 2.05. The summed E-state index contributed by atoms with van der Waals surface area (Å²) in [6, 6.07) is 0. The minimum Gasteiger partial charge on any atom is -0.451 e. The molecule has 5 heteroatoms. The Hall–Kier alpha value is -1.36. The Morgan fingerprint density at radius 2 is 2.14 bits per heavy atom. The van der Waals surface area contributed by atoms with Crippen LogP contribution in [-0.4, -0.2) is 53.9 Å². The predicted molar refractivity (Wildman–Crippen MR) is 49.9 cm³/mol. The van der Waals surface area contributed by atoms with Gasteiger partial charge in [-0.25, -0.2) is 4.98 Å². The summed E-state index contributed by atoms with van der Waals surface area (Å²) in [7, 11) is 2.05. The second-order valence-electron chi connectivity index (χ2n) is 3.47. The van der Waals surface area contributed by atoms with Crippen LogP contribution in [0.4, 0.5) is 0 Å². The van der Waals surface area contributed by atoms with Gasteiger partial charge < -0.3 is 14.2 Å². The summed E-state index contributed by atoms with van der Waals surface area (Å²) in [4.78, 5) is 19.6. The number of hydrogen-bond donors (Lipinski definition) is 0. The smallest absolute Gasteiger partial charge is 0.275 e. The van der Waals surface area contributed by atoms with Crippen LogP contribution in [0.3, 0.4) is 0 Å². The summed E-state index contributed by atoms with van der Waals surface area (Å²) in [6.07, 6.45) is 2.67. The Morgan fingerprint density at radius 1 is 1.43 bits per heavy atom. The molecule has 0 unspecified atom stereocenters. The molecule has 1 fully saturated rings. The van der Waals surface area contributed by atoms with Crippen molar-refractivity contribution in [2.75, 3.05) is 33.2 Å². The average molecular weight is 195 g/mol. The molecule has 0 N–H and O–H groups in total. The SMILES string of the molecule is CN1CCN(C(=O)c2cocn2)CC1. The Labute approximate surface area is 82.3 Å². The van der Waals surface area contributed by atoms with Gasteiger partial charge in [-0.2, -0.15) is 0 Å². The van der Waals surface area contributed by atoms with Crippen molar-refractivity contribution in [1.82, 2.24) is 14.8 Å². The number of likely N-dealkylation sites (N-methyl/N-ethyl adjacent to an activating group) is 1. The lowest BCUT2D eigenvalue weighted by Gasteiger charge is -2.31. The van der Waals surface area contributed by atoms with Crippen molar-refractivity contribution in [1.29, 1.82) is 0 Å². The van der Waals surface area contributed by atoms with E-state index >= 15 is 0 Å². The fraction of sp³-hybridized carbons (Fsp3) is 0.556. The van der Waals surface area contributed by atoms with Gasteiger partial charge in [-0.15, -0.1) is 0 Å². The van der Waals surface area contributed by atoms with Crippen molar-refractivity contribution >= 4 is 5.91 Å². The standard InChI is InChI=1S/C9H13N3O2/c1-11-2-4-12(5-3-11)9(13)8-6-14-7-10-8/h6-7H,2-5H2,1H3. The van der Waals surface area contributed by atoms with E-state index in [1.807, 2.05) is 0 Å². The van der Waals surface area contributed by atoms with Gasteiger partial charge in [0.05, 0.1) is 0 Å². The average Bonchev–Trinajstić information content (AvgIpc) is 2.71. The Bertz CT molecular complexity index is 302. The summed E-state index contributed by atoms with van der Waals surface area (Å²) < 4.78 is 4.78. The fourth-order valence-corrected chi connectivity index (χ4v) is 1.49. The van der Waals surface area contributed by atoms with Crippen LogP contribution >= 0.6 is 0 Å². The number of hydrogen-bond acceptors (Lipinski definition) is 4. The molecule has 0 aliphatic carbocycles. The zero-order valence-corrected chi connectivity index (χ0v) is 8.14. The number of piperazine rings is 1. The van der Waals surface area contributed by atoms with Crippen molar-refractivity contribution < 1.29 is 9.21 Å². The van der Waals surface area contributed by atoms with Crippen LogP contribution < -0.4 is 0 Å². The lowest BCUT2D eigenvalue weighted by atomic mass is 10.3. The van der Waals surface area contributed by atoms with E-state index in [1.54, 1.807) is 4.90 Å². The molecule has 0 radical (unpaired) electrons. The molecule has 0 saturated carbocycles. The fourth-order valence-electron chi connectivity index (χ4n) is 1.49. The van der Waals surface area contributed by atoms with E-state index in [9.17, 15) is 4.79 Å². The number of aromatic nitrogens is 1. The molecule has 14 heavy (non-hydrogen) atoms. The van der Waals surface area contributed by atoms with Gasteiger partial charge in [0.15, 0.2) is 12.1 Å². The molecule has 1 aliphatic heterocycles. The van der Waals surface area contributed by atoms with E-state index in [1.165, 1.54) is 12.7 Å². The van der Waals surface area contributed by atoms with Gasteiger partial charge in [0, 0.05) is 26.2 Å². The molecule has 1 aromatic rings. The third-order valence-corrected chi connectivity index (χ3v) is 2.44. The topological polar surface area (TPSA) is 49.6 Å². The zero-order chi connectivity index (χ0) is 9.97. The maximum Gasteiger partial charge on any atom is 0.275 e. The highest BCUT2D eigenvalue weighted by molar-refractivity contribution is 5.91. The third-order valence-electron chi connectivity index (χ3n) is 2.44. The molecule has 1 aliphatic rings. The molecule has 76 valence electrons. The Balaban J connectivity index is 1.99. The van der Waals surface area contributed by atoms with Crippen molar-refractivity contribution in [3.8, 4) is 0 Å². The summed E-state index contributed by atoms with van der Waals surface area (Å²) in [5, 5.41) is 0. The molecule has 5 nitrogen and oxygen atoms in total. The lowest BCUT2D eigenvalue weighted by Crippen LogP contribution is -2.47. The van der Waals surface area contributed by atoms with Gasteiger partial charge in [-0.1, -0.05) is 0 Å². The van der Waals surface area contributed by atoms with E-state index < -0.39 is 0 Å². The van der Waals surface area contributed by atoms with E-state index in [2.05, 4.69) is 16.9 Å². The molecule has 0 atom stereocenters. The van der Waals surface area contributed by atoms with Crippen LogP contribution in [0.1, 0.15) is 10.5 Å². The largest absolute Gasteiger partial charge is 0.451 e. The second kappa shape index (κ2) is 3.79. The van der Waals surface area contributed by atoms with Gasteiger partial charge in [0.2, 0.25) is 0 Å². The summed E-state index contributed by atoms with van der Waals surface area (Å²) in [6.45, 7) is 3.37. The summed E-state index contributed by atoms with van der Waals surface area (Å²) in [5.41, 5.74) is 0.398. The van der Waals surface area contributed by atoms with E-state index in [0.29, 0.717) is 5.69 Å². The van der Waals surface area contributed by atoms with Crippen LogP contribution in [0.25, 0.3) is 0 Å². The maximum atomic E-state index is 11.8. The normalized spacial score (nSPS) is 18.5. The molecular weight excluding hydrogens is 182 g/mol. The highest BCUT2D eigenvalue weighted by atomic mass is 16.3. The number of rotatable bonds is 1. The first-order valence-electron chi connectivity index (χ1n) is 4.63. The van der Waals surface area contributed by atoms with Crippen LogP contribution in [0, 0.1) is 0 Å². The van der Waals surface area contributed by atoms with Crippen molar-refractivity contribution in [2.24, 2.45) is 0 Å². The molecule has 1 aromatic heterocycles. The van der Waals surface area contributed by atoms with Crippen LogP contribution in [0.2, 0.25) is 0 Å². The van der Waals surface area contributed by atoms with Crippen LogP contribution in [-0.2, 0) is 0 Å². The molecule has 0 bridgehead atoms. The molecule has 1 saturated heterocycles. The molecular formula is C9H13N3O2. The number of oxazole rings is 1. The minimum absolute atomic E-state index is 0.0353. The van der Waals surface area contributed by atoms with Gasteiger partial charge >= 0.3 is 0 Å². The summed E-state index contributed by atoms with van der Waals surface area (Å²) in [5.74, 6) is -0.0353. The third kappa shape index (κ3) is 1.77.